The van der Waals surface area contributed by atoms with Crippen molar-refractivity contribution in [1.29, 1.82) is 0 Å². The van der Waals surface area contributed by atoms with Crippen LogP contribution in [-0.2, 0) is 16.6 Å². The molecule has 0 saturated carbocycles. The molecule has 2 nitrogen and oxygen atoms in total. The lowest BCUT2D eigenvalue weighted by molar-refractivity contribution is 0.682. The van der Waals surface area contributed by atoms with E-state index in [0.29, 0.717) is 10.1 Å². The molecule has 0 aliphatic rings. The Balaban J connectivity index is 1.64. The van der Waals surface area contributed by atoms with Crippen LogP contribution in [0.15, 0.2) is 71.1 Å². The maximum atomic E-state index is 12.6. The van der Waals surface area contributed by atoms with Gasteiger partial charge in [-0.25, -0.2) is 4.98 Å². The van der Waals surface area contributed by atoms with Gasteiger partial charge < -0.3 is 0 Å². The number of fused-ring (bicyclic) bond motifs is 2. The van der Waals surface area contributed by atoms with Gasteiger partial charge in [-0.2, -0.15) is 0 Å². The van der Waals surface area contributed by atoms with Gasteiger partial charge in [-0.3, -0.25) is 4.21 Å². The molecule has 4 heteroatoms. The van der Waals surface area contributed by atoms with E-state index in [1.54, 1.807) is 0 Å². The molecule has 0 amide bonds. The van der Waals surface area contributed by atoms with Gasteiger partial charge in [-0.05, 0) is 28.5 Å². The molecule has 22 heavy (non-hydrogen) atoms. The van der Waals surface area contributed by atoms with Crippen LogP contribution in [-0.4, -0.2) is 9.19 Å². The second kappa shape index (κ2) is 5.63. The van der Waals surface area contributed by atoms with Crippen molar-refractivity contribution in [3.63, 3.8) is 0 Å². The smallest absolute Gasteiger partial charge is 0.182 e. The van der Waals surface area contributed by atoms with Gasteiger partial charge in [0.15, 0.2) is 4.34 Å². The van der Waals surface area contributed by atoms with Gasteiger partial charge in [-0.1, -0.05) is 54.6 Å². The van der Waals surface area contributed by atoms with Crippen molar-refractivity contribution in [1.82, 2.24) is 4.98 Å². The topological polar surface area (TPSA) is 30.0 Å². The van der Waals surface area contributed by atoms with Crippen LogP contribution in [0.3, 0.4) is 0 Å². The number of thiazole rings is 1. The third kappa shape index (κ3) is 2.56. The molecule has 0 radical (unpaired) electrons. The van der Waals surface area contributed by atoms with Gasteiger partial charge >= 0.3 is 0 Å². The number of nitrogens with zero attached hydrogens (tertiary/aromatic N) is 1. The predicted molar refractivity (Wildman–Crippen MR) is 93.7 cm³/mol. The Bertz CT molecular complexity index is 957. The van der Waals surface area contributed by atoms with Crippen LogP contribution in [0, 0.1) is 0 Å². The average molecular weight is 323 g/mol. The van der Waals surface area contributed by atoms with E-state index in [-0.39, 0.29) is 0 Å². The van der Waals surface area contributed by atoms with Crippen LogP contribution in [0.4, 0.5) is 0 Å². The summed E-state index contributed by atoms with van der Waals surface area (Å²) in [4.78, 5) is 4.49. The summed E-state index contributed by atoms with van der Waals surface area (Å²) in [5.41, 5.74) is 2.01. The van der Waals surface area contributed by atoms with Crippen LogP contribution in [0.2, 0.25) is 0 Å². The van der Waals surface area contributed by atoms with E-state index in [1.165, 1.54) is 22.1 Å². The number of rotatable bonds is 3. The van der Waals surface area contributed by atoms with E-state index >= 15 is 0 Å². The van der Waals surface area contributed by atoms with Crippen LogP contribution in [0.5, 0.6) is 0 Å². The van der Waals surface area contributed by atoms with E-state index in [1.807, 2.05) is 42.5 Å². The van der Waals surface area contributed by atoms with Gasteiger partial charge in [0.1, 0.15) is 0 Å². The molecule has 0 unspecified atom stereocenters. The zero-order valence-corrected chi connectivity index (χ0v) is 13.4. The molecule has 1 aromatic heterocycles. The van der Waals surface area contributed by atoms with Gasteiger partial charge in [0, 0.05) is 0 Å². The lowest BCUT2D eigenvalue weighted by Gasteiger charge is -2.02. The average Bonchev–Trinajstić information content (AvgIpc) is 2.99. The van der Waals surface area contributed by atoms with E-state index in [2.05, 4.69) is 29.2 Å². The van der Waals surface area contributed by atoms with Crippen LogP contribution < -0.4 is 0 Å². The Hall–Kier alpha value is -2.04. The molecule has 1 atom stereocenters. The monoisotopic (exact) mass is 323 g/mol. The van der Waals surface area contributed by atoms with Crippen molar-refractivity contribution in [3.05, 3.63) is 72.3 Å². The van der Waals surface area contributed by atoms with E-state index in [9.17, 15) is 4.21 Å². The van der Waals surface area contributed by atoms with E-state index < -0.39 is 10.8 Å². The number of hydrogen-bond acceptors (Lipinski definition) is 3. The molecule has 0 saturated heterocycles. The largest absolute Gasteiger partial charge is 0.252 e. The Morgan fingerprint density at radius 2 is 1.68 bits per heavy atom. The Labute approximate surface area is 134 Å². The zero-order chi connectivity index (χ0) is 14.9. The molecule has 0 spiro atoms. The fourth-order valence-electron chi connectivity index (χ4n) is 2.49. The highest BCUT2D eigenvalue weighted by molar-refractivity contribution is 7.86. The predicted octanol–water partition coefficient (Wildman–Crippen LogP) is 4.76. The minimum atomic E-state index is -1.10. The van der Waals surface area contributed by atoms with Crippen LogP contribution in [0.1, 0.15) is 5.56 Å². The molecule has 3 aromatic carbocycles. The Morgan fingerprint density at radius 1 is 0.909 bits per heavy atom. The minimum absolute atomic E-state index is 0.505. The molecular formula is C18H13NOS2. The summed E-state index contributed by atoms with van der Waals surface area (Å²) < 4.78 is 14.4. The lowest BCUT2D eigenvalue weighted by Crippen LogP contribution is -1.95. The van der Waals surface area contributed by atoms with Crippen molar-refractivity contribution in [2.75, 3.05) is 0 Å². The summed E-state index contributed by atoms with van der Waals surface area (Å²) >= 11 is 1.52. The number of para-hydroxylation sites is 1. The summed E-state index contributed by atoms with van der Waals surface area (Å²) in [5, 5.41) is 2.39. The fraction of sp³-hybridized carbons (Fsp3) is 0.0556. The van der Waals surface area contributed by atoms with Gasteiger partial charge in [0.25, 0.3) is 0 Å². The first-order valence-corrected chi connectivity index (χ1v) is 9.15. The normalized spacial score (nSPS) is 12.7. The number of hydrogen-bond donors (Lipinski definition) is 0. The quantitative estimate of drug-likeness (QED) is 0.544. The Kier molecular flexibility index (Phi) is 3.48. The Morgan fingerprint density at radius 3 is 2.55 bits per heavy atom. The molecule has 0 fully saturated rings. The zero-order valence-electron chi connectivity index (χ0n) is 11.7. The van der Waals surface area contributed by atoms with Crippen molar-refractivity contribution in [2.45, 2.75) is 10.1 Å². The van der Waals surface area contributed by atoms with Gasteiger partial charge in [0.05, 0.1) is 26.8 Å². The fourth-order valence-corrected chi connectivity index (χ4v) is 4.81. The maximum Gasteiger partial charge on any atom is 0.182 e. The molecule has 4 aromatic rings. The second-order valence-corrected chi connectivity index (χ2v) is 7.77. The first kappa shape index (κ1) is 13.6. The van der Waals surface area contributed by atoms with E-state index in [4.69, 9.17) is 0 Å². The van der Waals surface area contributed by atoms with Crippen molar-refractivity contribution >= 4 is 43.1 Å². The third-order valence-electron chi connectivity index (χ3n) is 3.58. The molecule has 0 bridgehead atoms. The van der Waals surface area contributed by atoms with Gasteiger partial charge in [0.2, 0.25) is 0 Å². The second-order valence-electron chi connectivity index (χ2n) is 5.12. The molecule has 1 heterocycles. The molecule has 0 N–H and O–H groups in total. The van der Waals surface area contributed by atoms with Crippen LogP contribution in [0.25, 0.3) is 21.0 Å². The van der Waals surface area contributed by atoms with E-state index in [0.717, 1.165) is 15.8 Å². The molecule has 108 valence electrons. The van der Waals surface area contributed by atoms with Crippen molar-refractivity contribution in [3.8, 4) is 0 Å². The first-order valence-electron chi connectivity index (χ1n) is 7.01. The molecule has 0 aliphatic carbocycles. The van der Waals surface area contributed by atoms with Crippen LogP contribution >= 0.6 is 11.3 Å². The molecule has 0 aliphatic heterocycles. The number of aromatic nitrogens is 1. The van der Waals surface area contributed by atoms with Crippen molar-refractivity contribution < 1.29 is 4.21 Å². The summed E-state index contributed by atoms with van der Waals surface area (Å²) in [6, 6.07) is 22.4. The lowest BCUT2D eigenvalue weighted by atomic mass is 10.1. The number of benzene rings is 3. The van der Waals surface area contributed by atoms with Gasteiger partial charge in [-0.15, -0.1) is 11.3 Å². The summed E-state index contributed by atoms with van der Waals surface area (Å²) in [6.45, 7) is 0. The van der Waals surface area contributed by atoms with Crippen molar-refractivity contribution in [2.24, 2.45) is 0 Å². The first-order chi connectivity index (χ1) is 10.8. The standard InChI is InChI=1S/C18H13NOS2/c20-22(18-19-16-7-3-4-8-17(16)21-18)12-13-9-10-14-5-1-2-6-15(14)11-13/h1-11H,12H2/t22-/m0/s1. The summed E-state index contributed by atoms with van der Waals surface area (Å²) in [5.74, 6) is 0.505. The SMILES string of the molecule is O=[S@@](Cc1ccc2ccccc2c1)c1nc2ccccc2s1. The highest BCUT2D eigenvalue weighted by Crippen LogP contribution is 2.26. The molecular weight excluding hydrogens is 310 g/mol. The summed E-state index contributed by atoms with van der Waals surface area (Å²) in [7, 11) is -1.10. The third-order valence-corrected chi connectivity index (χ3v) is 6.30. The minimum Gasteiger partial charge on any atom is -0.252 e. The highest BCUT2D eigenvalue weighted by atomic mass is 32.2. The molecule has 4 rings (SSSR count). The highest BCUT2D eigenvalue weighted by Gasteiger charge is 2.11. The maximum absolute atomic E-state index is 12.6. The summed E-state index contributed by atoms with van der Waals surface area (Å²) in [6.07, 6.45) is 0.